The number of benzene rings is 1. The van der Waals surface area contributed by atoms with Crippen molar-refractivity contribution in [1.29, 1.82) is 0 Å². The molecule has 0 spiro atoms. The maximum atomic E-state index is 12.7. The van der Waals surface area contributed by atoms with Crippen LogP contribution in [0.1, 0.15) is 16.7 Å². The first kappa shape index (κ1) is 12.7. The zero-order chi connectivity index (χ0) is 13.0. The third-order valence-corrected chi connectivity index (χ3v) is 2.63. The normalized spacial score (nSPS) is 11.7. The van der Waals surface area contributed by atoms with Crippen LogP contribution in [-0.2, 0) is 19.3 Å². The van der Waals surface area contributed by atoms with Gasteiger partial charge in [0.15, 0.2) is 0 Å². The van der Waals surface area contributed by atoms with Crippen LogP contribution >= 0.6 is 0 Å². The molecule has 2 aromatic rings. The van der Waals surface area contributed by atoms with Gasteiger partial charge in [-0.25, -0.2) is 0 Å². The van der Waals surface area contributed by atoms with Gasteiger partial charge in [-0.15, -0.1) is 0 Å². The molecule has 18 heavy (non-hydrogen) atoms. The summed E-state index contributed by atoms with van der Waals surface area (Å²) < 4.78 is 38.1. The average Bonchev–Trinajstić information content (AvgIpc) is 2.81. The van der Waals surface area contributed by atoms with Crippen molar-refractivity contribution in [2.75, 3.05) is 0 Å². The molecule has 1 heterocycles. The lowest BCUT2D eigenvalue weighted by Gasteiger charge is -2.12. The van der Waals surface area contributed by atoms with Crippen LogP contribution in [0.2, 0.25) is 0 Å². The van der Waals surface area contributed by atoms with Crippen LogP contribution in [0, 0.1) is 0 Å². The molecule has 1 aromatic carbocycles. The summed E-state index contributed by atoms with van der Waals surface area (Å²) in [5.41, 5.74) is 0.701. The molecule has 0 amide bonds. The molecule has 0 radical (unpaired) electrons. The van der Waals surface area contributed by atoms with Crippen molar-refractivity contribution in [3.05, 3.63) is 59.4 Å². The van der Waals surface area contributed by atoms with Gasteiger partial charge in [0.2, 0.25) is 0 Å². The second-order valence-corrected chi connectivity index (χ2v) is 3.98. The zero-order valence-corrected chi connectivity index (χ0v) is 9.59. The first-order valence-electron chi connectivity index (χ1n) is 5.55. The van der Waals surface area contributed by atoms with E-state index in [9.17, 15) is 13.2 Å². The largest absolute Gasteiger partial charge is 0.416 e. The number of hydrogen-bond donors (Lipinski definition) is 2. The molecule has 0 fully saturated rings. The lowest BCUT2D eigenvalue weighted by molar-refractivity contribution is -0.138. The number of rotatable bonds is 4. The fourth-order valence-electron chi connectivity index (χ4n) is 1.76. The van der Waals surface area contributed by atoms with Crippen LogP contribution in [0.15, 0.2) is 42.7 Å². The second-order valence-electron chi connectivity index (χ2n) is 3.98. The fraction of sp³-hybridized carbons (Fsp3) is 0.231. The molecule has 1 aromatic heterocycles. The Morgan fingerprint density at radius 1 is 1.06 bits per heavy atom. The molecule has 5 heteroatoms. The lowest BCUT2D eigenvalue weighted by Crippen LogP contribution is -2.17. The van der Waals surface area contributed by atoms with Crippen molar-refractivity contribution >= 4 is 0 Å². The average molecular weight is 254 g/mol. The minimum atomic E-state index is -4.30. The van der Waals surface area contributed by atoms with Crippen molar-refractivity contribution in [2.24, 2.45) is 0 Å². The number of halogens is 3. The smallest absolute Gasteiger partial charge is 0.367 e. The van der Waals surface area contributed by atoms with Gasteiger partial charge in [0.25, 0.3) is 0 Å². The minimum absolute atomic E-state index is 0.195. The van der Waals surface area contributed by atoms with Crippen LogP contribution < -0.4 is 5.32 Å². The summed E-state index contributed by atoms with van der Waals surface area (Å²) in [4.78, 5) is 2.89. The van der Waals surface area contributed by atoms with Gasteiger partial charge in [0.05, 0.1) is 5.56 Å². The molecule has 0 aliphatic heterocycles. The predicted molar refractivity (Wildman–Crippen MR) is 62.8 cm³/mol. The third kappa shape index (κ3) is 3.13. The Hall–Kier alpha value is -1.75. The molecule has 2 rings (SSSR count). The SMILES string of the molecule is FC(F)(F)c1ccccc1CNCc1cc[nH]c1. The third-order valence-electron chi connectivity index (χ3n) is 2.63. The summed E-state index contributed by atoms with van der Waals surface area (Å²) in [5, 5.41) is 3.00. The molecule has 0 aliphatic rings. The first-order valence-corrected chi connectivity index (χ1v) is 5.55. The second kappa shape index (κ2) is 5.27. The van der Waals surface area contributed by atoms with Gasteiger partial charge in [-0.2, -0.15) is 13.2 Å². The molecular formula is C13H13F3N2. The van der Waals surface area contributed by atoms with Crippen molar-refractivity contribution < 1.29 is 13.2 Å². The quantitative estimate of drug-likeness (QED) is 0.860. The summed E-state index contributed by atoms with van der Waals surface area (Å²) >= 11 is 0. The Kier molecular flexibility index (Phi) is 3.72. The van der Waals surface area contributed by atoms with Crippen LogP contribution in [0.4, 0.5) is 13.2 Å². The van der Waals surface area contributed by atoms with Crippen LogP contribution in [0.3, 0.4) is 0 Å². The topological polar surface area (TPSA) is 27.8 Å². The molecular weight excluding hydrogens is 241 g/mol. The molecule has 2 nitrogen and oxygen atoms in total. The first-order chi connectivity index (χ1) is 8.57. The van der Waals surface area contributed by atoms with E-state index in [1.54, 1.807) is 12.3 Å². The lowest BCUT2D eigenvalue weighted by atomic mass is 10.1. The van der Waals surface area contributed by atoms with E-state index in [2.05, 4.69) is 10.3 Å². The minimum Gasteiger partial charge on any atom is -0.367 e. The molecule has 0 unspecified atom stereocenters. The number of alkyl halides is 3. The van der Waals surface area contributed by atoms with E-state index in [1.165, 1.54) is 12.1 Å². The highest BCUT2D eigenvalue weighted by Crippen LogP contribution is 2.31. The summed E-state index contributed by atoms with van der Waals surface area (Å²) in [5.74, 6) is 0. The van der Waals surface area contributed by atoms with E-state index >= 15 is 0 Å². The summed E-state index contributed by atoms with van der Waals surface area (Å²) in [6, 6.07) is 7.49. The number of aromatic nitrogens is 1. The molecule has 0 aliphatic carbocycles. The van der Waals surface area contributed by atoms with E-state index in [0.29, 0.717) is 6.54 Å². The van der Waals surface area contributed by atoms with Crippen LogP contribution in [0.5, 0.6) is 0 Å². The van der Waals surface area contributed by atoms with Gasteiger partial charge in [-0.05, 0) is 23.3 Å². The number of aromatic amines is 1. The van der Waals surface area contributed by atoms with Gasteiger partial charge in [0.1, 0.15) is 0 Å². The van der Waals surface area contributed by atoms with Gasteiger partial charge in [-0.3, -0.25) is 0 Å². The molecule has 0 saturated heterocycles. The van der Waals surface area contributed by atoms with E-state index in [0.717, 1.165) is 11.6 Å². The number of nitrogens with one attached hydrogen (secondary N) is 2. The van der Waals surface area contributed by atoms with Crippen molar-refractivity contribution in [1.82, 2.24) is 10.3 Å². The van der Waals surface area contributed by atoms with E-state index in [4.69, 9.17) is 0 Å². The van der Waals surface area contributed by atoms with E-state index in [-0.39, 0.29) is 12.1 Å². The van der Waals surface area contributed by atoms with Crippen LogP contribution in [0.25, 0.3) is 0 Å². The molecule has 0 atom stereocenters. The van der Waals surface area contributed by atoms with Gasteiger partial charge >= 0.3 is 6.18 Å². The Labute approximate surface area is 103 Å². The molecule has 96 valence electrons. The Balaban J connectivity index is 2.01. The molecule has 2 N–H and O–H groups in total. The highest BCUT2D eigenvalue weighted by Gasteiger charge is 2.32. The van der Waals surface area contributed by atoms with Gasteiger partial charge < -0.3 is 10.3 Å². The summed E-state index contributed by atoms with van der Waals surface area (Å²) in [7, 11) is 0. The molecule has 0 saturated carbocycles. The highest BCUT2D eigenvalue weighted by molar-refractivity contribution is 5.29. The van der Waals surface area contributed by atoms with Crippen molar-refractivity contribution in [3.8, 4) is 0 Å². The Bertz CT molecular complexity index is 489. The van der Waals surface area contributed by atoms with Crippen molar-refractivity contribution in [3.63, 3.8) is 0 Å². The number of hydrogen-bond acceptors (Lipinski definition) is 1. The maximum Gasteiger partial charge on any atom is 0.416 e. The fourth-order valence-corrected chi connectivity index (χ4v) is 1.76. The Morgan fingerprint density at radius 2 is 1.83 bits per heavy atom. The summed E-state index contributed by atoms with van der Waals surface area (Å²) in [6.07, 6.45) is -0.713. The number of H-pyrrole nitrogens is 1. The highest BCUT2D eigenvalue weighted by atomic mass is 19.4. The predicted octanol–water partition coefficient (Wildman–Crippen LogP) is 3.32. The van der Waals surface area contributed by atoms with Gasteiger partial charge in [-0.1, -0.05) is 18.2 Å². The Morgan fingerprint density at radius 3 is 2.50 bits per heavy atom. The van der Waals surface area contributed by atoms with Crippen molar-refractivity contribution in [2.45, 2.75) is 19.3 Å². The van der Waals surface area contributed by atoms with Gasteiger partial charge in [0, 0.05) is 25.5 Å². The maximum absolute atomic E-state index is 12.7. The summed E-state index contributed by atoms with van der Waals surface area (Å²) in [6.45, 7) is 0.733. The molecule has 0 bridgehead atoms. The zero-order valence-electron chi connectivity index (χ0n) is 9.59. The monoisotopic (exact) mass is 254 g/mol. The van der Waals surface area contributed by atoms with E-state index < -0.39 is 11.7 Å². The van der Waals surface area contributed by atoms with E-state index in [1.807, 2.05) is 12.3 Å². The van der Waals surface area contributed by atoms with Crippen LogP contribution in [-0.4, -0.2) is 4.98 Å². The standard InChI is InChI=1S/C13H13F3N2/c14-13(15,16)12-4-2-1-3-11(12)9-18-8-10-5-6-17-7-10/h1-7,17-18H,8-9H2.